The lowest BCUT2D eigenvalue weighted by atomic mass is 11.8. The van der Waals surface area contributed by atoms with Gasteiger partial charge in [0.05, 0.1) is 0 Å². The molecule has 0 N–H and O–H groups in total. The van der Waals surface area contributed by atoms with Crippen molar-refractivity contribution >= 4 is 12.1 Å². The van der Waals surface area contributed by atoms with Gasteiger partial charge in [-0.05, 0) is 0 Å². The molecule has 0 saturated heterocycles. The third-order valence-electron chi connectivity index (χ3n) is 0.0345. The highest BCUT2D eigenvalue weighted by molar-refractivity contribution is 7.98. The summed E-state index contributed by atoms with van der Waals surface area (Å²) in [6, 6.07) is 0. The van der Waals surface area contributed by atoms with E-state index in [0.29, 0.717) is 0 Å². The Hall–Kier alpha value is -0.230. The number of hydrogen-bond acceptors (Lipinski definition) is 2. The van der Waals surface area contributed by atoms with Crippen LogP contribution in [-0.2, 0) is 0 Å². The highest BCUT2D eigenvalue weighted by atomic mass is 32.2. The Bertz CT molecular complexity index is 37.8. The number of halogens is 1. The van der Waals surface area contributed by atoms with Crippen LogP contribution in [0.3, 0.4) is 0 Å². The molecule has 0 aliphatic heterocycles. The molecule has 0 aliphatic rings. The van der Waals surface area contributed by atoms with Crippen molar-refractivity contribution in [1.82, 2.24) is 0 Å². The minimum absolute atomic E-state index is 0.338. The Morgan fingerprint density at radius 3 is 2.25 bits per heavy atom. The zero-order valence-electron chi connectivity index (χ0n) is 1.73. The molecule has 0 fully saturated rings. The van der Waals surface area contributed by atoms with Gasteiger partial charge < -0.3 is 0 Å². The Morgan fingerprint density at radius 1 is 2.00 bits per heavy atom. The van der Waals surface area contributed by atoms with Crippen molar-refractivity contribution in [3.8, 4) is 5.40 Å². The maximum Gasteiger partial charge on any atom is 0.168 e. The molecule has 0 aromatic heterocycles. The van der Waals surface area contributed by atoms with Gasteiger partial charge in [-0.2, -0.15) is 5.26 Å². The lowest BCUT2D eigenvalue weighted by molar-refractivity contribution is 0.948. The van der Waals surface area contributed by atoms with Crippen molar-refractivity contribution in [1.29, 1.82) is 5.26 Å². The fourth-order valence-corrected chi connectivity index (χ4v) is 0. The summed E-state index contributed by atoms with van der Waals surface area (Å²) in [7, 11) is 0. The second-order valence-corrected chi connectivity index (χ2v) is 0.505. The summed E-state index contributed by atoms with van der Waals surface area (Å²) in [6.45, 7) is 0. The van der Waals surface area contributed by atoms with Gasteiger partial charge in [-0.3, -0.25) is 0 Å². The summed E-state index contributed by atoms with van der Waals surface area (Å²) < 4.78 is 10.3. The molecule has 4 heavy (non-hydrogen) atoms. The van der Waals surface area contributed by atoms with E-state index >= 15 is 0 Å². The molecule has 22 valence electrons. The van der Waals surface area contributed by atoms with E-state index in [-0.39, 0.29) is 12.1 Å². The van der Waals surface area contributed by atoms with Crippen molar-refractivity contribution in [3.05, 3.63) is 0 Å². The molecule has 0 rings (SSSR count). The zero-order chi connectivity index (χ0) is 3.41. The number of rotatable bonds is 0. The largest absolute Gasteiger partial charge is 0.182 e. The first-order valence-corrected chi connectivity index (χ1v) is 1.30. The van der Waals surface area contributed by atoms with E-state index in [1.54, 1.807) is 0 Å². The predicted octanol–water partition coefficient (Wildman–Crippen LogP) is 1.09. The van der Waals surface area contributed by atoms with E-state index < -0.39 is 0 Å². The van der Waals surface area contributed by atoms with Crippen LogP contribution in [0.5, 0.6) is 0 Å². The van der Waals surface area contributed by atoms with Crippen LogP contribution in [0.25, 0.3) is 0 Å². The van der Waals surface area contributed by atoms with E-state index in [1.165, 1.54) is 5.40 Å². The first-order chi connectivity index (χ1) is 1.91. The highest BCUT2D eigenvalue weighted by Crippen LogP contribution is 1.90. The molecule has 0 spiro atoms. The number of thiocyanates is 1. The monoisotopic (exact) mass is 77.0 g/mol. The zero-order valence-corrected chi connectivity index (χ0v) is 2.55. The van der Waals surface area contributed by atoms with Gasteiger partial charge in [0.2, 0.25) is 0 Å². The van der Waals surface area contributed by atoms with Crippen molar-refractivity contribution in [2.24, 2.45) is 0 Å². The van der Waals surface area contributed by atoms with Crippen molar-refractivity contribution in [2.45, 2.75) is 0 Å². The van der Waals surface area contributed by atoms with E-state index in [1.807, 2.05) is 0 Å². The maximum absolute atomic E-state index is 10.3. The molecule has 0 atom stereocenters. The molecule has 3 heteroatoms. The Kier molecular flexibility index (Phi) is 2.61. The first kappa shape index (κ1) is 3.77. The second kappa shape index (κ2) is 2.77. The standard InChI is InChI=1S/CFNS/c2-4-1-3. The van der Waals surface area contributed by atoms with Crippen LogP contribution in [-0.4, -0.2) is 0 Å². The van der Waals surface area contributed by atoms with Crippen molar-refractivity contribution < 1.29 is 3.89 Å². The number of nitrogens with zero attached hydrogens (tertiary/aromatic N) is 1. The van der Waals surface area contributed by atoms with Gasteiger partial charge in [0.15, 0.2) is 17.5 Å². The first-order valence-electron chi connectivity index (χ1n) is 0.582. The van der Waals surface area contributed by atoms with Gasteiger partial charge in [0.1, 0.15) is 0 Å². The summed E-state index contributed by atoms with van der Waals surface area (Å²) in [6.07, 6.45) is 0. The van der Waals surface area contributed by atoms with Crippen LogP contribution in [0.1, 0.15) is 0 Å². The van der Waals surface area contributed by atoms with Crippen molar-refractivity contribution in [3.63, 3.8) is 0 Å². The molecule has 0 heterocycles. The smallest absolute Gasteiger partial charge is 0.168 e. The van der Waals surface area contributed by atoms with E-state index in [2.05, 4.69) is 0 Å². The molecule has 0 aromatic rings. The average Bonchev–Trinajstić information content (AvgIpc) is 1.37. The number of nitriles is 1. The minimum atomic E-state index is -0.338. The Morgan fingerprint density at radius 2 is 2.25 bits per heavy atom. The molecule has 0 saturated carbocycles. The third-order valence-corrected chi connectivity index (χ3v) is 0.104. The molecule has 1 nitrogen and oxygen atoms in total. The van der Waals surface area contributed by atoms with Gasteiger partial charge in [-0.15, -0.1) is 3.89 Å². The van der Waals surface area contributed by atoms with Gasteiger partial charge in [0, 0.05) is 0 Å². The van der Waals surface area contributed by atoms with Crippen LogP contribution < -0.4 is 0 Å². The van der Waals surface area contributed by atoms with E-state index in [4.69, 9.17) is 5.26 Å². The topological polar surface area (TPSA) is 23.8 Å². The summed E-state index contributed by atoms with van der Waals surface area (Å²) in [4.78, 5) is 0. The Labute approximate surface area is 27.7 Å². The Balaban J connectivity index is 2.43. The quantitative estimate of drug-likeness (QED) is 0.404. The highest BCUT2D eigenvalue weighted by Gasteiger charge is 1.57. The normalized spacial score (nSPS) is 5.00. The molecule has 0 aromatic carbocycles. The van der Waals surface area contributed by atoms with E-state index in [9.17, 15) is 3.89 Å². The summed E-state index contributed by atoms with van der Waals surface area (Å²) in [5.74, 6) is 0. The second-order valence-electron chi connectivity index (χ2n) is 0.168. The van der Waals surface area contributed by atoms with Crippen LogP contribution in [0.4, 0.5) is 3.89 Å². The van der Waals surface area contributed by atoms with E-state index in [0.717, 1.165) is 0 Å². The SMILES string of the molecule is N#CSF. The lowest BCUT2D eigenvalue weighted by Crippen LogP contribution is -1.15. The van der Waals surface area contributed by atoms with Crippen molar-refractivity contribution in [2.75, 3.05) is 0 Å². The van der Waals surface area contributed by atoms with Gasteiger partial charge in [0.25, 0.3) is 0 Å². The fourth-order valence-electron chi connectivity index (χ4n) is 0. The molecule has 0 amide bonds. The molecule has 0 radical (unpaired) electrons. The van der Waals surface area contributed by atoms with Crippen LogP contribution >= 0.6 is 12.1 Å². The van der Waals surface area contributed by atoms with Crippen LogP contribution in [0.2, 0.25) is 0 Å². The molecule has 0 aliphatic carbocycles. The van der Waals surface area contributed by atoms with Crippen LogP contribution in [0, 0.1) is 10.7 Å². The van der Waals surface area contributed by atoms with Gasteiger partial charge in [-0.25, -0.2) is 0 Å². The molecule has 0 bridgehead atoms. The maximum atomic E-state index is 10.3. The summed E-state index contributed by atoms with van der Waals surface area (Å²) >= 11 is -0.338. The molecular formula is CFNS. The summed E-state index contributed by atoms with van der Waals surface area (Å²) in [5.41, 5.74) is 0. The molecular weight excluding hydrogens is 77.1 g/mol. The number of hydrogen-bond donors (Lipinski definition) is 0. The van der Waals surface area contributed by atoms with Crippen LogP contribution in [0.15, 0.2) is 0 Å². The summed E-state index contributed by atoms with van der Waals surface area (Å²) in [5, 5.41) is 8.39. The third kappa shape index (κ3) is 1.77. The van der Waals surface area contributed by atoms with Gasteiger partial charge in [-0.1, -0.05) is 0 Å². The average molecular weight is 77.1 g/mol. The van der Waals surface area contributed by atoms with Gasteiger partial charge >= 0.3 is 0 Å². The minimum Gasteiger partial charge on any atom is -0.182 e. The molecule has 0 unspecified atom stereocenters. The fraction of sp³-hybridized carbons (Fsp3) is 0. The lowest BCUT2D eigenvalue weighted by Gasteiger charge is -1.40. The predicted molar refractivity (Wildman–Crippen MR) is 14.3 cm³/mol.